The number of thiophene rings is 1. The fourth-order valence-electron chi connectivity index (χ4n) is 2.21. The first kappa shape index (κ1) is 16.5. The molecule has 0 bridgehead atoms. The standard InChI is InChI=1S/C16H25N3S2/c1-4-6-14-15(10-17-8-5-2)21-16(18-14)19(3)11-13-7-9-20-12-13/h7,9,12,17H,4-6,8,10-11H2,1-3H3. The van der Waals surface area contributed by atoms with Crippen molar-refractivity contribution in [1.82, 2.24) is 10.3 Å². The molecular weight excluding hydrogens is 298 g/mol. The zero-order valence-electron chi connectivity index (χ0n) is 13.2. The Morgan fingerprint density at radius 1 is 1.29 bits per heavy atom. The van der Waals surface area contributed by atoms with Crippen LogP contribution >= 0.6 is 22.7 Å². The number of nitrogens with one attached hydrogen (secondary N) is 1. The smallest absolute Gasteiger partial charge is 0.185 e. The Kier molecular flexibility index (Phi) is 6.67. The quantitative estimate of drug-likeness (QED) is 0.698. The number of aromatic nitrogens is 1. The topological polar surface area (TPSA) is 28.2 Å². The molecule has 2 rings (SSSR count). The highest BCUT2D eigenvalue weighted by Crippen LogP contribution is 2.28. The second-order valence-corrected chi connectivity index (χ2v) is 7.12. The van der Waals surface area contributed by atoms with Crippen LogP contribution < -0.4 is 10.2 Å². The highest BCUT2D eigenvalue weighted by Gasteiger charge is 2.13. The predicted molar refractivity (Wildman–Crippen MR) is 94.5 cm³/mol. The van der Waals surface area contributed by atoms with E-state index in [4.69, 9.17) is 4.98 Å². The molecule has 5 heteroatoms. The molecule has 21 heavy (non-hydrogen) atoms. The minimum Gasteiger partial charge on any atom is -0.347 e. The molecule has 0 spiro atoms. The summed E-state index contributed by atoms with van der Waals surface area (Å²) in [6.07, 6.45) is 3.40. The van der Waals surface area contributed by atoms with Crippen LogP contribution in [0.4, 0.5) is 5.13 Å². The van der Waals surface area contributed by atoms with Crippen LogP contribution in [0.3, 0.4) is 0 Å². The first-order valence-electron chi connectivity index (χ1n) is 7.66. The van der Waals surface area contributed by atoms with Gasteiger partial charge in [0.15, 0.2) is 5.13 Å². The SMILES string of the molecule is CCCNCc1sc(N(C)Cc2ccsc2)nc1CCC. The van der Waals surface area contributed by atoms with Gasteiger partial charge in [0.25, 0.3) is 0 Å². The van der Waals surface area contributed by atoms with E-state index in [9.17, 15) is 0 Å². The Balaban J connectivity index is 2.06. The van der Waals surface area contributed by atoms with Crippen molar-refractivity contribution in [2.75, 3.05) is 18.5 Å². The summed E-state index contributed by atoms with van der Waals surface area (Å²) < 4.78 is 0. The zero-order chi connectivity index (χ0) is 15.1. The van der Waals surface area contributed by atoms with E-state index in [2.05, 4.69) is 47.9 Å². The predicted octanol–water partition coefficient (Wildman–Crippen LogP) is 4.29. The van der Waals surface area contributed by atoms with Crippen LogP contribution in [0.15, 0.2) is 16.8 Å². The number of rotatable bonds is 9. The number of hydrogen-bond donors (Lipinski definition) is 1. The molecule has 1 N–H and O–H groups in total. The first-order chi connectivity index (χ1) is 10.2. The monoisotopic (exact) mass is 323 g/mol. The summed E-state index contributed by atoms with van der Waals surface area (Å²) in [5, 5.41) is 8.98. The number of anilines is 1. The summed E-state index contributed by atoms with van der Waals surface area (Å²) in [7, 11) is 2.13. The van der Waals surface area contributed by atoms with E-state index < -0.39 is 0 Å². The van der Waals surface area contributed by atoms with Gasteiger partial charge in [-0.05, 0) is 41.8 Å². The first-order valence-corrected chi connectivity index (χ1v) is 9.42. The Bertz CT molecular complexity index is 520. The van der Waals surface area contributed by atoms with E-state index in [1.165, 1.54) is 22.6 Å². The van der Waals surface area contributed by atoms with Crippen LogP contribution in [0.5, 0.6) is 0 Å². The maximum atomic E-state index is 4.87. The second-order valence-electron chi connectivity index (χ2n) is 5.28. The molecule has 0 saturated carbocycles. The summed E-state index contributed by atoms with van der Waals surface area (Å²) >= 11 is 3.59. The Morgan fingerprint density at radius 3 is 2.81 bits per heavy atom. The number of aryl methyl sites for hydroxylation is 1. The van der Waals surface area contributed by atoms with Gasteiger partial charge in [0, 0.05) is 25.0 Å². The number of hydrogen-bond acceptors (Lipinski definition) is 5. The lowest BCUT2D eigenvalue weighted by molar-refractivity contribution is 0.674. The van der Waals surface area contributed by atoms with Crippen molar-refractivity contribution < 1.29 is 0 Å². The van der Waals surface area contributed by atoms with Crippen LogP contribution in [0.1, 0.15) is 42.8 Å². The van der Waals surface area contributed by atoms with E-state index in [0.29, 0.717) is 0 Å². The van der Waals surface area contributed by atoms with Gasteiger partial charge in [-0.25, -0.2) is 4.98 Å². The highest BCUT2D eigenvalue weighted by atomic mass is 32.1. The van der Waals surface area contributed by atoms with Crippen molar-refractivity contribution in [3.63, 3.8) is 0 Å². The Labute approximate surface area is 136 Å². The van der Waals surface area contributed by atoms with Gasteiger partial charge in [0.1, 0.15) is 0 Å². The maximum absolute atomic E-state index is 4.87. The third-order valence-electron chi connectivity index (χ3n) is 3.29. The molecule has 0 saturated heterocycles. The van der Waals surface area contributed by atoms with Gasteiger partial charge >= 0.3 is 0 Å². The lowest BCUT2D eigenvalue weighted by Crippen LogP contribution is -2.15. The minimum absolute atomic E-state index is 0.935. The second kappa shape index (κ2) is 8.51. The molecule has 0 aliphatic heterocycles. The van der Waals surface area contributed by atoms with Crippen molar-refractivity contribution in [3.05, 3.63) is 33.0 Å². The molecule has 0 aliphatic rings. The van der Waals surface area contributed by atoms with Crippen molar-refractivity contribution in [2.24, 2.45) is 0 Å². The molecule has 0 amide bonds. The third-order valence-corrected chi connectivity index (χ3v) is 5.24. The van der Waals surface area contributed by atoms with Gasteiger partial charge < -0.3 is 10.2 Å². The zero-order valence-corrected chi connectivity index (χ0v) is 14.8. The van der Waals surface area contributed by atoms with Gasteiger partial charge in [-0.3, -0.25) is 0 Å². The summed E-state index contributed by atoms with van der Waals surface area (Å²) in [6.45, 7) is 7.38. The molecule has 2 heterocycles. The number of thiazole rings is 1. The van der Waals surface area contributed by atoms with Crippen LogP contribution in [-0.4, -0.2) is 18.6 Å². The molecule has 116 valence electrons. The van der Waals surface area contributed by atoms with Gasteiger partial charge in [-0.15, -0.1) is 11.3 Å². The van der Waals surface area contributed by atoms with Gasteiger partial charge in [0.05, 0.1) is 5.69 Å². The molecule has 0 atom stereocenters. The highest BCUT2D eigenvalue weighted by molar-refractivity contribution is 7.15. The fourth-order valence-corrected chi connectivity index (χ4v) is 3.90. The summed E-state index contributed by atoms with van der Waals surface area (Å²) in [5.41, 5.74) is 2.64. The minimum atomic E-state index is 0.935. The molecule has 3 nitrogen and oxygen atoms in total. The molecule has 0 unspecified atom stereocenters. The molecule has 2 aromatic heterocycles. The van der Waals surface area contributed by atoms with E-state index in [-0.39, 0.29) is 0 Å². The van der Waals surface area contributed by atoms with Crippen LogP contribution in [0.25, 0.3) is 0 Å². The van der Waals surface area contributed by atoms with E-state index in [0.717, 1.165) is 37.6 Å². The third kappa shape index (κ3) is 4.80. The molecular formula is C16H25N3S2. The summed E-state index contributed by atoms with van der Waals surface area (Å²) in [6, 6.07) is 2.19. The molecule has 0 aliphatic carbocycles. The average molecular weight is 324 g/mol. The molecule has 0 radical (unpaired) electrons. The summed E-state index contributed by atoms with van der Waals surface area (Å²) in [4.78, 5) is 8.53. The van der Waals surface area contributed by atoms with E-state index in [1.807, 2.05) is 11.3 Å². The summed E-state index contributed by atoms with van der Waals surface area (Å²) in [5.74, 6) is 0. The molecule has 0 aromatic carbocycles. The van der Waals surface area contributed by atoms with E-state index >= 15 is 0 Å². The lowest BCUT2D eigenvalue weighted by Gasteiger charge is -2.14. The number of nitrogens with zero attached hydrogens (tertiary/aromatic N) is 2. The lowest BCUT2D eigenvalue weighted by atomic mass is 10.2. The Hall–Kier alpha value is -0.910. The molecule has 2 aromatic rings. The molecule has 0 fully saturated rings. The van der Waals surface area contributed by atoms with Crippen molar-refractivity contribution in [3.8, 4) is 0 Å². The fraction of sp³-hybridized carbons (Fsp3) is 0.562. The van der Waals surface area contributed by atoms with Crippen LogP contribution in [0.2, 0.25) is 0 Å². The maximum Gasteiger partial charge on any atom is 0.185 e. The van der Waals surface area contributed by atoms with Crippen LogP contribution in [0, 0.1) is 0 Å². The van der Waals surface area contributed by atoms with Gasteiger partial charge in [-0.1, -0.05) is 20.3 Å². The van der Waals surface area contributed by atoms with Crippen molar-refractivity contribution >= 4 is 27.8 Å². The normalized spacial score (nSPS) is 11.0. The van der Waals surface area contributed by atoms with Crippen molar-refractivity contribution in [2.45, 2.75) is 46.2 Å². The van der Waals surface area contributed by atoms with Gasteiger partial charge in [-0.2, -0.15) is 11.3 Å². The average Bonchev–Trinajstić information content (AvgIpc) is 3.10. The van der Waals surface area contributed by atoms with Crippen molar-refractivity contribution in [1.29, 1.82) is 0 Å². The van der Waals surface area contributed by atoms with Crippen LogP contribution in [-0.2, 0) is 19.5 Å². The van der Waals surface area contributed by atoms with E-state index in [1.54, 1.807) is 11.3 Å². The Morgan fingerprint density at radius 2 is 2.14 bits per heavy atom. The largest absolute Gasteiger partial charge is 0.347 e. The van der Waals surface area contributed by atoms with Gasteiger partial charge in [0.2, 0.25) is 0 Å².